The molecule has 0 aliphatic carbocycles. The number of alkyl halides is 6. The third kappa shape index (κ3) is 10.2. The molecule has 0 radical (unpaired) electrons. The molecule has 9 heteroatoms. The second kappa shape index (κ2) is 11.0. The van der Waals surface area contributed by atoms with Gasteiger partial charge in [-0.05, 0) is 25.7 Å². The Morgan fingerprint density at radius 3 is 1.82 bits per heavy atom. The molecule has 22 heavy (non-hydrogen) atoms. The molecule has 0 aromatic heterocycles. The lowest BCUT2D eigenvalue weighted by atomic mass is 10.1. The van der Waals surface area contributed by atoms with Crippen LogP contribution in [0.2, 0.25) is 0 Å². The van der Waals surface area contributed by atoms with E-state index in [1.165, 1.54) is 0 Å². The number of ether oxygens (including phenoxy) is 2. The van der Waals surface area contributed by atoms with Crippen LogP contribution in [0.3, 0.4) is 0 Å². The lowest BCUT2D eigenvalue weighted by Crippen LogP contribution is -2.36. The molecular weight excluding hydrogens is 379 g/mol. The Morgan fingerprint density at radius 2 is 1.32 bits per heavy atom. The van der Waals surface area contributed by atoms with Gasteiger partial charge in [-0.1, -0.05) is 28.8 Å². The van der Waals surface area contributed by atoms with E-state index in [0.29, 0.717) is 19.3 Å². The van der Waals surface area contributed by atoms with Crippen LogP contribution in [-0.2, 0) is 9.47 Å². The molecule has 0 N–H and O–H groups in total. The Hall–Kier alpha value is -0.600. The fourth-order valence-corrected chi connectivity index (χ4v) is 1.89. The number of halogens is 6. The van der Waals surface area contributed by atoms with Crippen LogP contribution in [0, 0.1) is 0 Å². The summed E-state index contributed by atoms with van der Waals surface area (Å²) in [7, 11) is 0. The maximum atomic E-state index is 12.6. The van der Waals surface area contributed by atoms with E-state index in [0.717, 1.165) is 11.8 Å². The topological polar surface area (TPSA) is 35.5 Å². The predicted molar refractivity (Wildman–Crippen MR) is 74.4 cm³/mol. The lowest BCUT2D eigenvalue weighted by Gasteiger charge is -2.19. The van der Waals surface area contributed by atoms with E-state index in [1.54, 1.807) is 0 Å². The summed E-state index contributed by atoms with van der Waals surface area (Å²) in [5, 5.41) is 0.818. The summed E-state index contributed by atoms with van der Waals surface area (Å²) in [5.74, 6) is -4.64. The number of hydrogen-bond donors (Lipinski definition) is 0. The van der Waals surface area contributed by atoms with Crippen LogP contribution in [0.4, 0.5) is 26.7 Å². The van der Waals surface area contributed by atoms with Crippen LogP contribution in [0.1, 0.15) is 44.9 Å². The van der Waals surface area contributed by atoms with E-state index < -0.39 is 24.7 Å². The highest BCUT2D eigenvalue weighted by atomic mass is 79.9. The highest BCUT2D eigenvalue weighted by Gasteiger charge is 2.56. The largest absolute Gasteiger partial charge is 0.508 e. The van der Waals surface area contributed by atoms with Crippen molar-refractivity contribution in [1.29, 1.82) is 0 Å². The van der Waals surface area contributed by atoms with Gasteiger partial charge >= 0.3 is 18.3 Å². The van der Waals surface area contributed by atoms with Crippen molar-refractivity contribution >= 4 is 22.1 Å². The van der Waals surface area contributed by atoms with E-state index in [4.69, 9.17) is 9.47 Å². The summed E-state index contributed by atoms with van der Waals surface area (Å²) in [6.07, 6.45) is -5.12. The Balaban J connectivity index is 3.49. The first-order chi connectivity index (χ1) is 10.2. The molecule has 0 amide bonds. The molecule has 0 bridgehead atoms. The molecule has 0 fully saturated rings. The molecule has 0 saturated carbocycles. The first-order valence-electron chi connectivity index (χ1n) is 7.01. The predicted octanol–water partition coefficient (Wildman–Crippen LogP) is 5.46. The molecule has 0 saturated heterocycles. The van der Waals surface area contributed by atoms with Gasteiger partial charge in [0.1, 0.15) is 0 Å². The van der Waals surface area contributed by atoms with E-state index in [1.807, 2.05) is 0 Å². The second-order valence-corrected chi connectivity index (χ2v) is 5.50. The van der Waals surface area contributed by atoms with Gasteiger partial charge in [-0.3, -0.25) is 0 Å². The summed E-state index contributed by atoms with van der Waals surface area (Å²) >= 11 is 3.23. The standard InChI is InChI=1S/C13H20BrF5O3/c14-8-4-6-10-22-11(20)21-9-5-2-1-3-7-12(15,16)13(17,18)19/h1-10H2. The maximum absolute atomic E-state index is 12.6. The zero-order chi connectivity index (χ0) is 17.1. The average Bonchev–Trinajstić information content (AvgIpc) is 2.41. The monoisotopic (exact) mass is 398 g/mol. The molecule has 0 rings (SSSR count). The van der Waals surface area contributed by atoms with Crippen LogP contribution in [0.15, 0.2) is 0 Å². The zero-order valence-electron chi connectivity index (χ0n) is 12.1. The van der Waals surface area contributed by atoms with Crippen LogP contribution in [0.5, 0.6) is 0 Å². The van der Waals surface area contributed by atoms with Crippen molar-refractivity contribution in [2.45, 2.75) is 57.0 Å². The second-order valence-electron chi connectivity index (χ2n) is 4.71. The van der Waals surface area contributed by atoms with Gasteiger partial charge in [-0.15, -0.1) is 0 Å². The SMILES string of the molecule is O=C(OCCCCBr)OCCCCCCC(F)(F)C(F)(F)F. The molecule has 0 aliphatic heterocycles. The number of hydrogen-bond acceptors (Lipinski definition) is 3. The van der Waals surface area contributed by atoms with Crippen molar-refractivity contribution < 1.29 is 36.2 Å². The molecule has 0 aromatic carbocycles. The van der Waals surface area contributed by atoms with E-state index in [2.05, 4.69) is 15.9 Å². The lowest BCUT2D eigenvalue weighted by molar-refractivity contribution is -0.284. The quantitative estimate of drug-likeness (QED) is 0.200. The van der Waals surface area contributed by atoms with Gasteiger partial charge in [0.2, 0.25) is 0 Å². The Bertz CT molecular complexity index is 311. The molecule has 0 aromatic rings. The van der Waals surface area contributed by atoms with E-state index in [-0.39, 0.29) is 26.1 Å². The van der Waals surface area contributed by atoms with Crippen molar-refractivity contribution in [3.8, 4) is 0 Å². The summed E-state index contributed by atoms with van der Waals surface area (Å²) in [4.78, 5) is 11.1. The Morgan fingerprint density at radius 1 is 0.818 bits per heavy atom. The highest BCUT2D eigenvalue weighted by Crippen LogP contribution is 2.39. The first-order valence-corrected chi connectivity index (χ1v) is 8.13. The van der Waals surface area contributed by atoms with Gasteiger partial charge in [0.25, 0.3) is 0 Å². The van der Waals surface area contributed by atoms with Gasteiger partial charge in [-0.2, -0.15) is 22.0 Å². The molecule has 0 spiro atoms. The summed E-state index contributed by atoms with van der Waals surface area (Å²) in [6.45, 7) is 0.323. The van der Waals surface area contributed by atoms with Crippen molar-refractivity contribution in [3.63, 3.8) is 0 Å². The minimum Gasteiger partial charge on any atom is -0.434 e. The molecule has 132 valence electrons. The molecule has 0 atom stereocenters. The Kier molecular flexibility index (Phi) is 10.7. The Labute approximate surface area is 134 Å². The van der Waals surface area contributed by atoms with Crippen molar-refractivity contribution in [2.75, 3.05) is 18.5 Å². The van der Waals surface area contributed by atoms with Crippen LogP contribution in [-0.4, -0.2) is 36.8 Å². The van der Waals surface area contributed by atoms with Gasteiger partial charge < -0.3 is 9.47 Å². The number of carbonyl (C=O) groups is 1. The number of unbranched alkanes of at least 4 members (excludes halogenated alkanes) is 4. The van der Waals surface area contributed by atoms with Crippen molar-refractivity contribution in [1.82, 2.24) is 0 Å². The molecular formula is C13H20BrF5O3. The fraction of sp³-hybridized carbons (Fsp3) is 0.923. The number of rotatable bonds is 11. The van der Waals surface area contributed by atoms with Gasteiger partial charge in [-0.25, -0.2) is 4.79 Å². The van der Waals surface area contributed by atoms with E-state index in [9.17, 15) is 26.7 Å². The van der Waals surface area contributed by atoms with Crippen LogP contribution < -0.4 is 0 Å². The average molecular weight is 399 g/mol. The molecule has 0 aliphatic rings. The van der Waals surface area contributed by atoms with Crippen LogP contribution in [0.25, 0.3) is 0 Å². The highest BCUT2D eigenvalue weighted by molar-refractivity contribution is 9.09. The molecule has 0 heterocycles. The third-order valence-electron chi connectivity index (χ3n) is 2.77. The third-order valence-corrected chi connectivity index (χ3v) is 3.33. The van der Waals surface area contributed by atoms with Gasteiger partial charge in [0.05, 0.1) is 13.2 Å². The zero-order valence-corrected chi connectivity index (χ0v) is 13.6. The fourth-order valence-electron chi connectivity index (χ4n) is 1.49. The van der Waals surface area contributed by atoms with Gasteiger partial charge in [0, 0.05) is 11.8 Å². The number of carbonyl (C=O) groups excluding carboxylic acids is 1. The smallest absolute Gasteiger partial charge is 0.434 e. The summed E-state index contributed by atoms with van der Waals surface area (Å²) < 4.78 is 70.2. The molecule has 0 unspecified atom stereocenters. The van der Waals surface area contributed by atoms with Crippen molar-refractivity contribution in [3.05, 3.63) is 0 Å². The van der Waals surface area contributed by atoms with Crippen LogP contribution >= 0.6 is 15.9 Å². The van der Waals surface area contributed by atoms with E-state index >= 15 is 0 Å². The maximum Gasteiger partial charge on any atom is 0.508 e. The normalized spacial score (nSPS) is 12.3. The van der Waals surface area contributed by atoms with Crippen molar-refractivity contribution in [2.24, 2.45) is 0 Å². The van der Waals surface area contributed by atoms with Gasteiger partial charge in [0.15, 0.2) is 0 Å². The summed E-state index contributed by atoms with van der Waals surface area (Å²) in [6, 6.07) is 0. The molecule has 3 nitrogen and oxygen atoms in total. The minimum absolute atomic E-state index is 0.0624. The first kappa shape index (κ1) is 21.4. The minimum atomic E-state index is -5.49. The summed E-state index contributed by atoms with van der Waals surface area (Å²) in [5.41, 5.74) is 0.